The third-order valence-electron chi connectivity index (χ3n) is 3.19. The molecule has 0 unspecified atom stereocenters. The Morgan fingerprint density at radius 3 is 2.70 bits per heavy atom. The van der Waals surface area contributed by atoms with Crippen molar-refractivity contribution in [3.63, 3.8) is 0 Å². The Labute approximate surface area is 119 Å². The summed E-state index contributed by atoms with van der Waals surface area (Å²) in [4.78, 5) is 17.2. The summed E-state index contributed by atoms with van der Waals surface area (Å²) in [6, 6.07) is 7.75. The van der Waals surface area contributed by atoms with Gasteiger partial charge in [0.05, 0.1) is 5.69 Å². The standard InChI is InChI=1S/C16H22N2O2/c1-11(2)16(19)15-10-12-9-13(5-6-14(12)17-15)20-8-7-18(3)4/h5-6,9-11,17H,7-8H2,1-4H3. The number of ketones is 1. The lowest BCUT2D eigenvalue weighted by molar-refractivity contribution is 0.0935. The van der Waals surface area contributed by atoms with Crippen LogP contribution in [0, 0.1) is 5.92 Å². The molecule has 0 aliphatic carbocycles. The first kappa shape index (κ1) is 14.6. The van der Waals surface area contributed by atoms with Gasteiger partial charge in [0.15, 0.2) is 5.78 Å². The summed E-state index contributed by atoms with van der Waals surface area (Å²) in [7, 11) is 4.03. The van der Waals surface area contributed by atoms with Gasteiger partial charge in [0.25, 0.3) is 0 Å². The van der Waals surface area contributed by atoms with Crippen LogP contribution in [0.2, 0.25) is 0 Å². The maximum absolute atomic E-state index is 12.0. The lowest BCUT2D eigenvalue weighted by Gasteiger charge is -2.10. The number of fused-ring (bicyclic) bond motifs is 1. The number of nitrogens with one attached hydrogen (secondary N) is 1. The summed E-state index contributed by atoms with van der Waals surface area (Å²) in [5.41, 5.74) is 1.63. The number of carbonyl (C=O) groups is 1. The van der Waals surface area contributed by atoms with Gasteiger partial charge in [-0.05, 0) is 38.4 Å². The van der Waals surface area contributed by atoms with Gasteiger partial charge in [-0.25, -0.2) is 0 Å². The molecule has 1 N–H and O–H groups in total. The molecular formula is C16H22N2O2. The zero-order valence-corrected chi connectivity index (χ0v) is 12.6. The van der Waals surface area contributed by atoms with Crippen LogP contribution < -0.4 is 4.74 Å². The number of rotatable bonds is 6. The molecule has 0 bridgehead atoms. The molecule has 1 heterocycles. The van der Waals surface area contributed by atoms with E-state index in [1.165, 1.54) is 0 Å². The number of benzene rings is 1. The topological polar surface area (TPSA) is 45.3 Å². The molecule has 2 rings (SSSR count). The van der Waals surface area contributed by atoms with E-state index in [0.717, 1.165) is 23.2 Å². The number of hydrogen-bond donors (Lipinski definition) is 1. The Balaban J connectivity index is 2.15. The van der Waals surface area contributed by atoms with Gasteiger partial charge in [-0.2, -0.15) is 0 Å². The van der Waals surface area contributed by atoms with Crippen LogP contribution in [-0.2, 0) is 0 Å². The predicted molar refractivity (Wildman–Crippen MR) is 81.5 cm³/mol. The molecule has 0 radical (unpaired) electrons. The molecule has 20 heavy (non-hydrogen) atoms. The monoisotopic (exact) mass is 274 g/mol. The number of aromatic nitrogens is 1. The van der Waals surface area contributed by atoms with Gasteiger partial charge in [-0.1, -0.05) is 13.8 Å². The first-order valence-electron chi connectivity index (χ1n) is 6.92. The van der Waals surface area contributed by atoms with Crippen LogP contribution in [0.5, 0.6) is 5.75 Å². The van der Waals surface area contributed by atoms with Gasteiger partial charge in [0, 0.05) is 23.4 Å². The molecule has 2 aromatic rings. The van der Waals surface area contributed by atoms with Crippen molar-refractivity contribution >= 4 is 16.7 Å². The van der Waals surface area contributed by atoms with Crippen molar-refractivity contribution < 1.29 is 9.53 Å². The molecular weight excluding hydrogens is 252 g/mol. The summed E-state index contributed by atoms with van der Waals surface area (Å²) in [5.74, 6) is 0.969. The highest BCUT2D eigenvalue weighted by Crippen LogP contribution is 2.22. The molecule has 0 aliphatic rings. The number of aromatic amines is 1. The second kappa shape index (κ2) is 6.09. The minimum Gasteiger partial charge on any atom is -0.492 e. The average molecular weight is 274 g/mol. The maximum Gasteiger partial charge on any atom is 0.181 e. The number of carbonyl (C=O) groups excluding carboxylic acids is 1. The lowest BCUT2D eigenvalue weighted by Crippen LogP contribution is -2.19. The average Bonchev–Trinajstić information content (AvgIpc) is 2.80. The fraction of sp³-hybridized carbons (Fsp3) is 0.438. The highest BCUT2D eigenvalue weighted by Gasteiger charge is 2.13. The molecule has 0 fully saturated rings. The number of ether oxygens (including phenoxy) is 1. The number of nitrogens with zero attached hydrogens (tertiary/aromatic N) is 1. The summed E-state index contributed by atoms with van der Waals surface area (Å²) in [5, 5.41) is 1.01. The van der Waals surface area contributed by atoms with E-state index in [0.29, 0.717) is 12.3 Å². The quantitative estimate of drug-likeness (QED) is 0.824. The van der Waals surface area contributed by atoms with E-state index in [2.05, 4.69) is 9.88 Å². The summed E-state index contributed by atoms with van der Waals surface area (Å²) < 4.78 is 5.70. The molecule has 0 amide bonds. The fourth-order valence-electron chi connectivity index (χ4n) is 1.99. The molecule has 108 valence electrons. The van der Waals surface area contributed by atoms with E-state index in [-0.39, 0.29) is 11.7 Å². The van der Waals surface area contributed by atoms with Crippen molar-refractivity contribution in [3.8, 4) is 5.75 Å². The first-order chi connectivity index (χ1) is 9.47. The summed E-state index contributed by atoms with van der Waals surface area (Å²) in [6.45, 7) is 5.34. The SMILES string of the molecule is CC(C)C(=O)c1cc2cc(OCCN(C)C)ccc2[nH]1. The van der Waals surface area contributed by atoms with Gasteiger partial charge in [0.2, 0.25) is 0 Å². The van der Waals surface area contributed by atoms with E-state index in [4.69, 9.17) is 4.74 Å². The van der Waals surface area contributed by atoms with Crippen molar-refractivity contribution in [2.45, 2.75) is 13.8 Å². The van der Waals surface area contributed by atoms with Crippen LogP contribution in [0.25, 0.3) is 10.9 Å². The molecule has 4 heteroatoms. The number of H-pyrrole nitrogens is 1. The van der Waals surface area contributed by atoms with Gasteiger partial charge >= 0.3 is 0 Å². The smallest absolute Gasteiger partial charge is 0.181 e. The van der Waals surface area contributed by atoms with E-state index >= 15 is 0 Å². The van der Waals surface area contributed by atoms with Gasteiger partial charge in [0.1, 0.15) is 12.4 Å². The number of hydrogen-bond acceptors (Lipinski definition) is 3. The van der Waals surface area contributed by atoms with Crippen LogP contribution in [0.1, 0.15) is 24.3 Å². The minimum atomic E-state index is -0.00104. The summed E-state index contributed by atoms with van der Waals surface area (Å²) >= 11 is 0. The van der Waals surface area contributed by atoms with Gasteiger partial charge in [-0.15, -0.1) is 0 Å². The molecule has 1 aromatic heterocycles. The number of Topliss-reactive ketones (excluding diaryl/α,β-unsaturated/α-hetero) is 1. The Kier molecular flexibility index (Phi) is 4.45. The second-order valence-electron chi connectivity index (χ2n) is 5.60. The molecule has 0 saturated heterocycles. The van der Waals surface area contributed by atoms with Crippen LogP contribution >= 0.6 is 0 Å². The zero-order chi connectivity index (χ0) is 14.7. The van der Waals surface area contributed by atoms with E-state index in [1.807, 2.05) is 52.2 Å². The molecule has 1 aromatic carbocycles. The van der Waals surface area contributed by atoms with Crippen molar-refractivity contribution in [2.75, 3.05) is 27.2 Å². The molecule has 0 saturated carbocycles. The van der Waals surface area contributed by atoms with Crippen LogP contribution in [-0.4, -0.2) is 42.9 Å². The van der Waals surface area contributed by atoms with Crippen molar-refractivity contribution in [1.82, 2.24) is 9.88 Å². The Hall–Kier alpha value is -1.81. The third kappa shape index (κ3) is 3.39. The minimum absolute atomic E-state index is 0.00104. The van der Waals surface area contributed by atoms with Crippen molar-refractivity contribution in [3.05, 3.63) is 30.0 Å². The zero-order valence-electron chi connectivity index (χ0n) is 12.6. The van der Waals surface area contributed by atoms with E-state index in [1.54, 1.807) is 0 Å². The van der Waals surface area contributed by atoms with Crippen molar-refractivity contribution in [1.29, 1.82) is 0 Å². The van der Waals surface area contributed by atoms with Gasteiger partial charge < -0.3 is 14.6 Å². The fourth-order valence-corrected chi connectivity index (χ4v) is 1.99. The second-order valence-corrected chi connectivity index (χ2v) is 5.60. The Morgan fingerprint density at radius 1 is 1.30 bits per heavy atom. The summed E-state index contributed by atoms with van der Waals surface area (Å²) in [6.07, 6.45) is 0. The Bertz CT molecular complexity index is 600. The van der Waals surface area contributed by atoms with E-state index in [9.17, 15) is 4.79 Å². The Morgan fingerprint density at radius 2 is 2.05 bits per heavy atom. The molecule has 0 aliphatic heterocycles. The van der Waals surface area contributed by atoms with Crippen LogP contribution in [0.3, 0.4) is 0 Å². The molecule has 4 nitrogen and oxygen atoms in total. The molecule has 0 spiro atoms. The first-order valence-corrected chi connectivity index (χ1v) is 6.92. The normalized spacial score (nSPS) is 11.5. The molecule has 0 atom stereocenters. The highest BCUT2D eigenvalue weighted by molar-refractivity contribution is 6.00. The van der Waals surface area contributed by atoms with Crippen LogP contribution in [0.15, 0.2) is 24.3 Å². The van der Waals surface area contributed by atoms with Crippen molar-refractivity contribution in [2.24, 2.45) is 5.92 Å². The maximum atomic E-state index is 12.0. The van der Waals surface area contributed by atoms with Crippen LogP contribution in [0.4, 0.5) is 0 Å². The largest absolute Gasteiger partial charge is 0.492 e. The highest BCUT2D eigenvalue weighted by atomic mass is 16.5. The lowest BCUT2D eigenvalue weighted by atomic mass is 10.1. The number of likely N-dealkylation sites (N-methyl/N-ethyl adjacent to an activating group) is 1. The van der Waals surface area contributed by atoms with Gasteiger partial charge in [-0.3, -0.25) is 4.79 Å². The predicted octanol–water partition coefficient (Wildman–Crippen LogP) is 2.95. The van der Waals surface area contributed by atoms with E-state index < -0.39 is 0 Å². The third-order valence-corrected chi connectivity index (χ3v) is 3.19.